The molecule has 0 spiro atoms. The highest BCUT2D eigenvalue weighted by molar-refractivity contribution is 5.73. The van der Waals surface area contributed by atoms with Crippen molar-refractivity contribution in [2.45, 2.75) is 39.3 Å². The van der Waals surface area contributed by atoms with Gasteiger partial charge < -0.3 is 10.4 Å². The van der Waals surface area contributed by atoms with Crippen LogP contribution in [0.5, 0.6) is 0 Å². The lowest BCUT2D eigenvalue weighted by Crippen LogP contribution is -2.32. The number of nitrogens with one attached hydrogen (secondary N) is 1. The van der Waals surface area contributed by atoms with Crippen LogP contribution in [0.15, 0.2) is 0 Å². The summed E-state index contributed by atoms with van der Waals surface area (Å²) in [5.41, 5.74) is 0. The molecule has 2 N–H and O–H groups in total. The first-order valence-electron chi connectivity index (χ1n) is 3.47. The number of carbonyl (C=O) groups excluding carboxylic acids is 1. The molecule has 0 radical (unpaired) electrons. The third-order valence-corrected chi connectivity index (χ3v) is 1.14. The predicted octanol–water partition coefficient (Wildman–Crippen LogP) is 0.282. The van der Waals surface area contributed by atoms with E-state index in [1.54, 1.807) is 6.92 Å². The number of amides is 1. The zero-order valence-electron chi connectivity index (χ0n) is 6.72. The van der Waals surface area contributed by atoms with Crippen LogP contribution in [0, 0.1) is 0 Å². The SMILES string of the molecule is CC(=O)N[C@@H](C)C[C@H](C)O. The van der Waals surface area contributed by atoms with Gasteiger partial charge in [0.25, 0.3) is 0 Å². The van der Waals surface area contributed by atoms with Crippen molar-refractivity contribution >= 4 is 5.91 Å². The highest BCUT2D eigenvalue weighted by atomic mass is 16.3. The van der Waals surface area contributed by atoms with Gasteiger partial charge in [0.2, 0.25) is 5.91 Å². The second-order valence-electron chi connectivity index (χ2n) is 2.69. The smallest absolute Gasteiger partial charge is 0.217 e. The standard InChI is InChI=1S/C7H15NO2/c1-5(4-6(2)9)8-7(3)10/h5-6,9H,4H2,1-3H3,(H,8,10)/t5-,6-/m0/s1. The van der Waals surface area contributed by atoms with Gasteiger partial charge in [-0.3, -0.25) is 4.79 Å². The maximum Gasteiger partial charge on any atom is 0.217 e. The van der Waals surface area contributed by atoms with Crippen LogP contribution in [0.4, 0.5) is 0 Å². The van der Waals surface area contributed by atoms with Crippen LogP contribution >= 0.6 is 0 Å². The van der Waals surface area contributed by atoms with Crippen molar-refractivity contribution in [3.8, 4) is 0 Å². The number of hydrogen-bond donors (Lipinski definition) is 2. The summed E-state index contributed by atoms with van der Waals surface area (Å²) >= 11 is 0. The van der Waals surface area contributed by atoms with Crippen molar-refractivity contribution in [3.05, 3.63) is 0 Å². The first kappa shape index (κ1) is 9.43. The quantitative estimate of drug-likeness (QED) is 0.599. The monoisotopic (exact) mass is 145 g/mol. The van der Waals surface area contributed by atoms with Crippen molar-refractivity contribution in [2.75, 3.05) is 0 Å². The van der Waals surface area contributed by atoms with Crippen LogP contribution in [-0.4, -0.2) is 23.2 Å². The molecule has 0 aliphatic rings. The zero-order valence-corrected chi connectivity index (χ0v) is 6.72. The van der Waals surface area contributed by atoms with Crippen LogP contribution in [0.2, 0.25) is 0 Å². The van der Waals surface area contributed by atoms with Crippen LogP contribution in [0.25, 0.3) is 0 Å². The van der Waals surface area contributed by atoms with Crippen LogP contribution in [0.1, 0.15) is 27.2 Å². The van der Waals surface area contributed by atoms with Crippen molar-refractivity contribution in [3.63, 3.8) is 0 Å². The van der Waals surface area contributed by atoms with E-state index < -0.39 is 0 Å². The summed E-state index contributed by atoms with van der Waals surface area (Å²) in [7, 11) is 0. The van der Waals surface area contributed by atoms with Gasteiger partial charge >= 0.3 is 0 Å². The zero-order chi connectivity index (χ0) is 8.15. The minimum Gasteiger partial charge on any atom is -0.393 e. The van der Waals surface area contributed by atoms with Crippen LogP contribution in [-0.2, 0) is 4.79 Å². The average Bonchev–Trinajstić information content (AvgIpc) is 1.58. The molecule has 0 aromatic carbocycles. The Bertz CT molecular complexity index is 112. The van der Waals surface area contributed by atoms with E-state index in [4.69, 9.17) is 5.11 Å². The number of carbonyl (C=O) groups is 1. The van der Waals surface area contributed by atoms with Gasteiger partial charge in [-0.2, -0.15) is 0 Å². The Morgan fingerprint density at radius 3 is 2.40 bits per heavy atom. The third-order valence-electron chi connectivity index (χ3n) is 1.14. The first-order valence-corrected chi connectivity index (χ1v) is 3.47. The Morgan fingerprint density at radius 2 is 2.10 bits per heavy atom. The summed E-state index contributed by atoms with van der Waals surface area (Å²) in [5.74, 6) is -0.0480. The highest BCUT2D eigenvalue weighted by Crippen LogP contribution is 1.95. The molecule has 1 amide bonds. The van der Waals surface area contributed by atoms with Crippen molar-refractivity contribution in [2.24, 2.45) is 0 Å². The third kappa shape index (κ3) is 5.56. The van der Waals surface area contributed by atoms with Gasteiger partial charge in [-0.1, -0.05) is 0 Å². The molecular weight excluding hydrogens is 130 g/mol. The average molecular weight is 145 g/mol. The van der Waals surface area contributed by atoms with Crippen molar-refractivity contribution in [1.82, 2.24) is 5.32 Å². The fourth-order valence-electron chi connectivity index (χ4n) is 0.918. The summed E-state index contributed by atoms with van der Waals surface area (Å²) in [6.45, 7) is 5.05. The largest absolute Gasteiger partial charge is 0.393 e. The lowest BCUT2D eigenvalue weighted by molar-refractivity contribution is -0.119. The molecule has 0 saturated heterocycles. The van der Waals surface area contributed by atoms with E-state index in [-0.39, 0.29) is 18.1 Å². The van der Waals surface area contributed by atoms with E-state index in [0.717, 1.165) is 0 Å². The van der Waals surface area contributed by atoms with Crippen LogP contribution < -0.4 is 5.32 Å². The summed E-state index contributed by atoms with van der Waals surface area (Å²) < 4.78 is 0. The molecule has 0 aromatic rings. The maximum absolute atomic E-state index is 10.4. The van der Waals surface area contributed by atoms with Gasteiger partial charge in [0, 0.05) is 13.0 Å². The Hall–Kier alpha value is -0.570. The van der Waals surface area contributed by atoms with Crippen molar-refractivity contribution < 1.29 is 9.90 Å². The minimum atomic E-state index is -0.346. The number of hydrogen-bond acceptors (Lipinski definition) is 2. The molecule has 60 valence electrons. The van der Waals surface area contributed by atoms with Crippen molar-refractivity contribution in [1.29, 1.82) is 0 Å². The maximum atomic E-state index is 10.4. The molecular formula is C7H15NO2. The molecule has 0 aromatic heterocycles. The first-order chi connectivity index (χ1) is 4.52. The molecule has 10 heavy (non-hydrogen) atoms. The second kappa shape index (κ2) is 4.28. The lowest BCUT2D eigenvalue weighted by atomic mass is 10.1. The molecule has 0 unspecified atom stereocenters. The Morgan fingerprint density at radius 1 is 1.60 bits per heavy atom. The van der Waals surface area contributed by atoms with E-state index in [9.17, 15) is 4.79 Å². The van der Waals surface area contributed by atoms with E-state index in [1.165, 1.54) is 6.92 Å². The summed E-state index contributed by atoms with van der Waals surface area (Å²) in [4.78, 5) is 10.4. The predicted molar refractivity (Wildman–Crippen MR) is 39.6 cm³/mol. The molecule has 0 fully saturated rings. The molecule has 0 saturated carbocycles. The fraction of sp³-hybridized carbons (Fsp3) is 0.857. The second-order valence-corrected chi connectivity index (χ2v) is 2.69. The molecule has 2 atom stereocenters. The van der Waals surface area contributed by atoms with Gasteiger partial charge in [-0.05, 0) is 20.3 Å². The normalized spacial score (nSPS) is 16.0. The molecule has 0 bridgehead atoms. The van der Waals surface area contributed by atoms with Gasteiger partial charge in [0.05, 0.1) is 6.10 Å². The lowest BCUT2D eigenvalue weighted by Gasteiger charge is -2.13. The molecule has 3 nitrogen and oxygen atoms in total. The summed E-state index contributed by atoms with van der Waals surface area (Å²) in [6.07, 6.45) is 0.265. The van der Waals surface area contributed by atoms with Gasteiger partial charge in [-0.15, -0.1) is 0 Å². The minimum absolute atomic E-state index is 0.0480. The van der Waals surface area contributed by atoms with Gasteiger partial charge in [0.1, 0.15) is 0 Å². The highest BCUT2D eigenvalue weighted by Gasteiger charge is 2.05. The molecule has 0 rings (SSSR count). The Labute approximate surface area is 61.4 Å². The van der Waals surface area contributed by atoms with E-state index in [2.05, 4.69) is 5.32 Å². The topological polar surface area (TPSA) is 49.3 Å². The Balaban J connectivity index is 3.43. The molecule has 0 aliphatic carbocycles. The number of rotatable bonds is 3. The number of aliphatic hydroxyl groups is 1. The molecule has 0 heterocycles. The van der Waals surface area contributed by atoms with Crippen LogP contribution in [0.3, 0.4) is 0 Å². The van der Waals surface area contributed by atoms with E-state index in [1.807, 2.05) is 6.92 Å². The Kier molecular flexibility index (Phi) is 4.03. The van der Waals surface area contributed by atoms with Gasteiger partial charge in [-0.25, -0.2) is 0 Å². The van der Waals surface area contributed by atoms with E-state index >= 15 is 0 Å². The van der Waals surface area contributed by atoms with E-state index in [0.29, 0.717) is 6.42 Å². The summed E-state index contributed by atoms with van der Waals surface area (Å²) in [6, 6.07) is 0.0671. The fourth-order valence-corrected chi connectivity index (χ4v) is 0.918. The summed E-state index contributed by atoms with van der Waals surface area (Å²) in [5, 5.41) is 11.6. The number of aliphatic hydroxyl groups excluding tert-OH is 1. The molecule has 0 aliphatic heterocycles. The molecule has 3 heteroatoms. The van der Waals surface area contributed by atoms with Gasteiger partial charge in [0.15, 0.2) is 0 Å².